The third kappa shape index (κ3) is 2.85. The van der Waals surface area contributed by atoms with Crippen LogP contribution in [0.5, 0.6) is 5.75 Å². The molecule has 0 spiro atoms. The van der Waals surface area contributed by atoms with Gasteiger partial charge in [-0.25, -0.2) is 0 Å². The van der Waals surface area contributed by atoms with Crippen molar-refractivity contribution in [3.63, 3.8) is 0 Å². The van der Waals surface area contributed by atoms with E-state index >= 15 is 0 Å². The van der Waals surface area contributed by atoms with Crippen molar-refractivity contribution in [2.24, 2.45) is 0 Å². The van der Waals surface area contributed by atoms with E-state index in [0.717, 1.165) is 19.0 Å². The van der Waals surface area contributed by atoms with Crippen molar-refractivity contribution in [1.29, 1.82) is 0 Å². The van der Waals surface area contributed by atoms with E-state index < -0.39 is 0 Å². The number of ether oxygens (including phenoxy) is 1. The number of benzene rings is 3. The van der Waals surface area contributed by atoms with Crippen LogP contribution in [0.4, 0.5) is 11.4 Å². The van der Waals surface area contributed by atoms with Crippen LogP contribution in [0.3, 0.4) is 0 Å². The summed E-state index contributed by atoms with van der Waals surface area (Å²) in [6, 6.07) is 27.8. The summed E-state index contributed by atoms with van der Waals surface area (Å²) in [5, 5.41) is 0. The zero-order valence-corrected chi connectivity index (χ0v) is 15.4. The minimum absolute atomic E-state index is 0.637. The molecule has 0 saturated carbocycles. The first kappa shape index (κ1) is 16.0. The maximum atomic E-state index is 6.13. The van der Waals surface area contributed by atoms with Crippen molar-refractivity contribution in [3.05, 3.63) is 95.6 Å². The predicted molar refractivity (Wildman–Crippen MR) is 111 cm³/mol. The maximum absolute atomic E-state index is 6.13. The third-order valence-corrected chi connectivity index (χ3v) is 5.28. The largest absolute Gasteiger partial charge is 0.488 e. The molecule has 27 heavy (non-hydrogen) atoms. The summed E-state index contributed by atoms with van der Waals surface area (Å²) >= 11 is 0. The summed E-state index contributed by atoms with van der Waals surface area (Å²) < 4.78 is 6.13. The number of para-hydroxylation sites is 2. The first-order valence-corrected chi connectivity index (χ1v) is 9.38. The summed E-state index contributed by atoms with van der Waals surface area (Å²) in [5.41, 5.74) is 7.49. The van der Waals surface area contributed by atoms with Gasteiger partial charge in [-0.1, -0.05) is 42.5 Å². The molecule has 0 atom stereocenters. The molecule has 0 saturated heterocycles. The van der Waals surface area contributed by atoms with E-state index in [1.165, 1.54) is 33.8 Å². The molecule has 0 bridgehead atoms. The zero-order valence-electron chi connectivity index (χ0n) is 15.4. The number of rotatable bonds is 2. The highest BCUT2D eigenvalue weighted by Crippen LogP contribution is 2.41. The molecule has 3 nitrogen and oxygen atoms in total. The minimum Gasteiger partial charge on any atom is -0.488 e. The van der Waals surface area contributed by atoms with Gasteiger partial charge in [0.25, 0.3) is 0 Å². The Hall–Kier alpha value is -3.20. The van der Waals surface area contributed by atoms with Crippen LogP contribution in [0, 0.1) is 6.92 Å². The van der Waals surface area contributed by atoms with E-state index in [1.54, 1.807) is 0 Å². The number of anilines is 2. The second-order valence-corrected chi connectivity index (χ2v) is 7.18. The third-order valence-electron chi connectivity index (χ3n) is 5.28. The highest BCUT2D eigenvalue weighted by Gasteiger charge is 2.32. The van der Waals surface area contributed by atoms with Gasteiger partial charge in [0.2, 0.25) is 0 Å². The van der Waals surface area contributed by atoms with Gasteiger partial charge in [-0.05, 0) is 48.9 Å². The Balaban J connectivity index is 1.64. The summed E-state index contributed by atoms with van der Waals surface area (Å²) in [4.78, 5) is 4.83. The lowest BCUT2D eigenvalue weighted by Gasteiger charge is -2.43. The summed E-state index contributed by atoms with van der Waals surface area (Å²) in [5.74, 6) is 0.989. The Labute approximate surface area is 160 Å². The average molecular weight is 354 g/mol. The fraction of sp³-hybridized carbons (Fsp3) is 0.167. The van der Waals surface area contributed by atoms with Gasteiger partial charge >= 0.3 is 0 Å². The predicted octanol–water partition coefficient (Wildman–Crippen LogP) is 5.08. The molecule has 2 heterocycles. The van der Waals surface area contributed by atoms with E-state index in [4.69, 9.17) is 4.74 Å². The number of hydrogen-bond acceptors (Lipinski definition) is 3. The Morgan fingerprint density at radius 2 is 1.52 bits per heavy atom. The zero-order chi connectivity index (χ0) is 18.2. The number of nitrogens with zero attached hydrogens (tertiary/aromatic N) is 2. The Bertz CT molecular complexity index is 995. The fourth-order valence-corrected chi connectivity index (χ4v) is 3.98. The van der Waals surface area contributed by atoms with Crippen LogP contribution >= 0.6 is 0 Å². The molecule has 2 aliphatic rings. The van der Waals surface area contributed by atoms with E-state index in [9.17, 15) is 0 Å². The molecule has 3 aromatic rings. The Morgan fingerprint density at radius 3 is 2.26 bits per heavy atom. The van der Waals surface area contributed by atoms with Gasteiger partial charge in [0.15, 0.2) is 0 Å². The topological polar surface area (TPSA) is 15.7 Å². The minimum atomic E-state index is 0.637. The van der Waals surface area contributed by atoms with E-state index in [2.05, 4.69) is 95.6 Å². The van der Waals surface area contributed by atoms with E-state index in [1.807, 2.05) is 0 Å². The van der Waals surface area contributed by atoms with Gasteiger partial charge in [0, 0.05) is 29.1 Å². The van der Waals surface area contributed by atoms with Crippen LogP contribution in [-0.4, -0.2) is 19.8 Å². The quantitative estimate of drug-likeness (QED) is 0.638. The highest BCUT2D eigenvalue weighted by molar-refractivity contribution is 5.87. The molecule has 0 aliphatic carbocycles. The first-order chi connectivity index (χ1) is 13.3. The second kappa shape index (κ2) is 6.51. The summed E-state index contributed by atoms with van der Waals surface area (Å²) in [7, 11) is 0. The fourth-order valence-electron chi connectivity index (χ4n) is 3.98. The van der Waals surface area contributed by atoms with Crippen LogP contribution in [-0.2, 0) is 0 Å². The van der Waals surface area contributed by atoms with Gasteiger partial charge in [-0.2, -0.15) is 0 Å². The van der Waals surface area contributed by atoms with Crippen LogP contribution in [0.1, 0.15) is 11.1 Å². The molecular weight excluding hydrogens is 332 g/mol. The van der Waals surface area contributed by atoms with Gasteiger partial charge in [0.1, 0.15) is 12.4 Å². The van der Waals surface area contributed by atoms with Crippen LogP contribution in [0.15, 0.2) is 84.4 Å². The van der Waals surface area contributed by atoms with Crippen LogP contribution in [0.25, 0.3) is 5.70 Å². The average Bonchev–Trinajstić information content (AvgIpc) is 2.74. The summed E-state index contributed by atoms with van der Waals surface area (Å²) in [6.07, 6.45) is 0. The number of hydrogen-bond donors (Lipinski definition) is 0. The van der Waals surface area contributed by atoms with E-state index in [-0.39, 0.29) is 0 Å². The molecule has 3 aromatic carbocycles. The molecule has 0 N–H and O–H groups in total. The van der Waals surface area contributed by atoms with Gasteiger partial charge in [-0.3, -0.25) is 0 Å². The SMILES string of the molecule is Cc1ccc2c(c1)OCC1=C2N(c2ccccc2)CN(c2ccccc2)C1. The van der Waals surface area contributed by atoms with Crippen LogP contribution < -0.4 is 14.5 Å². The lowest BCUT2D eigenvalue weighted by Crippen LogP contribution is -2.45. The molecular formula is C24H22N2O. The van der Waals surface area contributed by atoms with Crippen LogP contribution in [0.2, 0.25) is 0 Å². The molecule has 0 radical (unpaired) electrons. The van der Waals surface area contributed by atoms with Crippen molar-refractivity contribution >= 4 is 17.1 Å². The summed E-state index contributed by atoms with van der Waals surface area (Å²) in [6.45, 7) is 4.45. The van der Waals surface area contributed by atoms with Crippen molar-refractivity contribution in [1.82, 2.24) is 0 Å². The number of aryl methyl sites for hydroxylation is 1. The Kier molecular flexibility index (Phi) is 3.86. The van der Waals surface area contributed by atoms with Gasteiger partial charge in [0.05, 0.1) is 12.4 Å². The standard InChI is InChI=1S/C24H22N2O/c1-18-12-13-22-23(14-18)27-16-19-15-25(20-8-4-2-5-9-20)17-26(24(19)22)21-10-6-3-7-11-21/h2-14H,15-17H2,1H3. The van der Waals surface area contributed by atoms with Crippen molar-refractivity contribution < 1.29 is 4.74 Å². The molecule has 3 heteroatoms. The van der Waals surface area contributed by atoms with Crippen molar-refractivity contribution in [2.75, 3.05) is 29.6 Å². The number of fused-ring (bicyclic) bond motifs is 2. The highest BCUT2D eigenvalue weighted by atomic mass is 16.5. The molecule has 0 aromatic heterocycles. The second-order valence-electron chi connectivity index (χ2n) is 7.18. The molecule has 2 aliphatic heterocycles. The van der Waals surface area contributed by atoms with E-state index in [0.29, 0.717) is 6.61 Å². The maximum Gasteiger partial charge on any atom is 0.129 e. The lowest BCUT2D eigenvalue weighted by atomic mass is 9.97. The van der Waals surface area contributed by atoms with Gasteiger partial charge in [-0.15, -0.1) is 0 Å². The van der Waals surface area contributed by atoms with Gasteiger partial charge < -0.3 is 14.5 Å². The Morgan fingerprint density at radius 1 is 0.815 bits per heavy atom. The molecule has 134 valence electrons. The molecule has 0 amide bonds. The van der Waals surface area contributed by atoms with Crippen molar-refractivity contribution in [2.45, 2.75) is 6.92 Å². The normalized spacial score (nSPS) is 15.9. The first-order valence-electron chi connectivity index (χ1n) is 9.38. The molecule has 0 unspecified atom stereocenters. The van der Waals surface area contributed by atoms with Crippen molar-refractivity contribution in [3.8, 4) is 5.75 Å². The molecule has 5 rings (SSSR count). The molecule has 0 fully saturated rings. The smallest absolute Gasteiger partial charge is 0.129 e. The lowest BCUT2D eigenvalue weighted by molar-refractivity contribution is 0.340. The monoisotopic (exact) mass is 354 g/mol.